The lowest BCUT2D eigenvalue weighted by Gasteiger charge is -2.19. The van der Waals surface area contributed by atoms with Crippen molar-refractivity contribution in [2.24, 2.45) is 0 Å². The standard InChI is InChI=1S/C52H30S2/c1-2-15-37-31(11-1)12-10-21-39(37)52-42-19-5-3-17-40(42)51(41-18-4-6-20-43(41)52)35-14-9-13-32(25-35)33-23-24-34-27-44-46-29-45-38-16-7-8-22-47(38)53-49(45)30-50(46)54-48(44)28-36(34)26-33/h1-30H. The van der Waals surface area contributed by atoms with Crippen LogP contribution in [0.4, 0.5) is 0 Å². The number of fused-ring (bicyclic) bond motifs is 10. The lowest BCUT2D eigenvalue weighted by Crippen LogP contribution is -1.92. The first kappa shape index (κ1) is 30.2. The highest BCUT2D eigenvalue weighted by Crippen LogP contribution is 2.47. The van der Waals surface area contributed by atoms with Gasteiger partial charge >= 0.3 is 0 Å². The van der Waals surface area contributed by atoms with Crippen LogP contribution in [-0.2, 0) is 0 Å². The highest BCUT2D eigenvalue weighted by Gasteiger charge is 2.18. The second-order valence-electron chi connectivity index (χ2n) is 14.4. The molecule has 0 radical (unpaired) electrons. The Hall–Kier alpha value is -6.32. The molecule has 0 aliphatic carbocycles. The molecule has 0 N–H and O–H groups in total. The summed E-state index contributed by atoms with van der Waals surface area (Å²) in [6.45, 7) is 0. The van der Waals surface area contributed by atoms with Crippen LogP contribution in [0, 0.1) is 0 Å². The van der Waals surface area contributed by atoms with Gasteiger partial charge in [-0.25, -0.2) is 0 Å². The maximum Gasteiger partial charge on any atom is 0.0369 e. The van der Waals surface area contributed by atoms with Crippen LogP contribution in [0.25, 0.3) is 117 Å². The molecule has 0 atom stereocenters. The summed E-state index contributed by atoms with van der Waals surface area (Å²) in [6.07, 6.45) is 0. The minimum Gasteiger partial charge on any atom is -0.135 e. The molecule has 0 saturated heterocycles. The monoisotopic (exact) mass is 718 g/mol. The fourth-order valence-electron chi connectivity index (χ4n) is 8.94. The van der Waals surface area contributed by atoms with Crippen molar-refractivity contribution in [1.29, 1.82) is 0 Å². The minimum absolute atomic E-state index is 1.23. The van der Waals surface area contributed by atoms with Gasteiger partial charge in [-0.1, -0.05) is 140 Å². The normalized spacial score (nSPS) is 12.1. The molecule has 2 heterocycles. The quantitative estimate of drug-likeness (QED) is 0.160. The van der Waals surface area contributed by atoms with E-state index in [0.717, 1.165) is 0 Å². The van der Waals surface area contributed by atoms with Gasteiger partial charge in [-0.05, 0) is 119 Å². The van der Waals surface area contributed by atoms with Gasteiger partial charge in [0.2, 0.25) is 0 Å². The predicted octanol–water partition coefficient (Wildman–Crippen LogP) is 16.0. The predicted molar refractivity (Wildman–Crippen MR) is 239 cm³/mol. The van der Waals surface area contributed by atoms with Crippen molar-refractivity contribution in [2.75, 3.05) is 0 Å². The van der Waals surface area contributed by atoms with Gasteiger partial charge < -0.3 is 0 Å². The largest absolute Gasteiger partial charge is 0.135 e. The van der Waals surface area contributed by atoms with Crippen LogP contribution < -0.4 is 0 Å². The van der Waals surface area contributed by atoms with E-state index in [1.807, 2.05) is 22.7 Å². The molecule has 0 spiro atoms. The molecule has 10 aromatic carbocycles. The second kappa shape index (κ2) is 11.6. The molecule has 12 rings (SSSR count). The van der Waals surface area contributed by atoms with E-state index in [2.05, 4.69) is 182 Å². The summed E-state index contributed by atoms with van der Waals surface area (Å²) in [5, 5.41) is 15.6. The maximum absolute atomic E-state index is 2.43. The second-order valence-corrected chi connectivity index (χ2v) is 16.6. The number of hydrogen-bond acceptors (Lipinski definition) is 2. The lowest BCUT2D eigenvalue weighted by molar-refractivity contribution is 1.63. The lowest BCUT2D eigenvalue weighted by atomic mass is 9.84. The SMILES string of the molecule is c1cc(-c2ccc3cc4c(cc3c2)sc2cc3sc5ccccc5c3cc24)cc(-c2c3ccccc3c(-c3cccc4ccccc34)c3ccccc23)c1. The van der Waals surface area contributed by atoms with Gasteiger partial charge in [-0.15, -0.1) is 22.7 Å². The van der Waals surface area contributed by atoms with E-state index in [1.54, 1.807) is 0 Å². The Labute approximate surface area is 319 Å². The fraction of sp³-hybridized carbons (Fsp3) is 0. The van der Waals surface area contributed by atoms with Crippen LogP contribution in [-0.4, -0.2) is 0 Å². The molecule has 2 aromatic heterocycles. The molecule has 0 aliphatic heterocycles. The fourth-order valence-corrected chi connectivity index (χ4v) is 11.3. The number of rotatable bonds is 3. The smallest absolute Gasteiger partial charge is 0.0369 e. The van der Waals surface area contributed by atoms with Gasteiger partial charge in [0.1, 0.15) is 0 Å². The summed E-state index contributed by atoms with van der Waals surface area (Å²) in [5.74, 6) is 0. The Morgan fingerprint density at radius 3 is 1.59 bits per heavy atom. The molecule has 54 heavy (non-hydrogen) atoms. The van der Waals surface area contributed by atoms with Crippen molar-refractivity contribution in [3.8, 4) is 33.4 Å². The Kier molecular flexibility index (Phi) is 6.48. The van der Waals surface area contributed by atoms with Crippen LogP contribution in [0.3, 0.4) is 0 Å². The summed E-state index contributed by atoms with van der Waals surface area (Å²) in [4.78, 5) is 0. The molecule has 0 saturated carbocycles. The Balaban J connectivity index is 1.02. The Bertz CT molecular complexity index is 3440. The molecule has 2 heteroatoms. The van der Waals surface area contributed by atoms with E-state index < -0.39 is 0 Å². The topological polar surface area (TPSA) is 0 Å². The average molecular weight is 719 g/mol. The van der Waals surface area contributed by atoms with Crippen LogP contribution in [0.1, 0.15) is 0 Å². The number of hydrogen-bond donors (Lipinski definition) is 0. The molecule has 250 valence electrons. The molecule has 0 unspecified atom stereocenters. The van der Waals surface area contributed by atoms with Gasteiger partial charge in [-0.3, -0.25) is 0 Å². The third kappa shape index (κ3) is 4.48. The van der Waals surface area contributed by atoms with E-state index in [0.29, 0.717) is 0 Å². The molecule has 0 bridgehead atoms. The summed E-state index contributed by atoms with van der Waals surface area (Å²) in [5.41, 5.74) is 7.55. The summed E-state index contributed by atoms with van der Waals surface area (Å²) in [7, 11) is 0. The van der Waals surface area contributed by atoms with Crippen molar-refractivity contribution in [2.45, 2.75) is 0 Å². The van der Waals surface area contributed by atoms with Gasteiger partial charge in [0.25, 0.3) is 0 Å². The molecular formula is C52H30S2. The average Bonchev–Trinajstić information content (AvgIpc) is 3.77. The van der Waals surface area contributed by atoms with E-state index in [4.69, 9.17) is 0 Å². The van der Waals surface area contributed by atoms with Crippen LogP contribution >= 0.6 is 22.7 Å². The summed E-state index contributed by atoms with van der Waals surface area (Å²) in [6, 6.07) is 67.9. The number of benzene rings is 10. The van der Waals surface area contributed by atoms with Gasteiger partial charge in [-0.2, -0.15) is 0 Å². The number of thiophene rings is 2. The molecule has 0 amide bonds. The molecule has 0 aliphatic rings. The molecule has 0 nitrogen and oxygen atoms in total. The van der Waals surface area contributed by atoms with Crippen LogP contribution in [0.5, 0.6) is 0 Å². The summed E-state index contributed by atoms with van der Waals surface area (Å²) < 4.78 is 5.43. The summed E-state index contributed by atoms with van der Waals surface area (Å²) >= 11 is 3.81. The zero-order valence-corrected chi connectivity index (χ0v) is 30.8. The first-order valence-electron chi connectivity index (χ1n) is 18.5. The van der Waals surface area contributed by atoms with E-state index in [9.17, 15) is 0 Å². The van der Waals surface area contributed by atoms with Crippen molar-refractivity contribution >= 4 is 106 Å². The van der Waals surface area contributed by atoms with Crippen molar-refractivity contribution in [3.63, 3.8) is 0 Å². The first-order chi connectivity index (χ1) is 26.7. The third-order valence-electron chi connectivity index (χ3n) is 11.4. The molecular weight excluding hydrogens is 689 g/mol. The van der Waals surface area contributed by atoms with Gasteiger partial charge in [0, 0.05) is 40.3 Å². The zero-order chi connectivity index (χ0) is 35.3. The van der Waals surface area contributed by atoms with Crippen LogP contribution in [0.2, 0.25) is 0 Å². The molecule has 12 aromatic rings. The molecule has 0 fully saturated rings. The van der Waals surface area contributed by atoms with E-state index in [1.165, 1.54) is 117 Å². The van der Waals surface area contributed by atoms with Crippen molar-refractivity contribution in [1.82, 2.24) is 0 Å². The zero-order valence-electron chi connectivity index (χ0n) is 29.1. The Morgan fingerprint density at radius 1 is 0.241 bits per heavy atom. The van der Waals surface area contributed by atoms with Gasteiger partial charge in [0.05, 0.1) is 0 Å². The van der Waals surface area contributed by atoms with E-state index >= 15 is 0 Å². The minimum atomic E-state index is 1.23. The van der Waals surface area contributed by atoms with E-state index in [-0.39, 0.29) is 0 Å². The van der Waals surface area contributed by atoms with Crippen molar-refractivity contribution in [3.05, 3.63) is 182 Å². The highest BCUT2D eigenvalue weighted by molar-refractivity contribution is 7.28. The highest BCUT2D eigenvalue weighted by atomic mass is 32.1. The Morgan fingerprint density at radius 2 is 0.796 bits per heavy atom. The third-order valence-corrected chi connectivity index (χ3v) is 13.7. The van der Waals surface area contributed by atoms with Gasteiger partial charge in [0.15, 0.2) is 0 Å². The first-order valence-corrected chi connectivity index (χ1v) is 20.1. The maximum atomic E-state index is 2.43. The van der Waals surface area contributed by atoms with Crippen molar-refractivity contribution < 1.29 is 0 Å². The van der Waals surface area contributed by atoms with Crippen LogP contribution in [0.15, 0.2) is 182 Å².